The highest BCUT2D eigenvalue weighted by Gasteiger charge is 2.15. The van der Waals surface area contributed by atoms with Crippen LogP contribution in [0.2, 0.25) is 0 Å². The van der Waals surface area contributed by atoms with E-state index in [1.807, 2.05) is 54.6 Å². The summed E-state index contributed by atoms with van der Waals surface area (Å²) in [6.07, 6.45) is 5.19. The van der Waals surface area contributed by atoms with Crippen molar-refractivity contribution in [1.82, 2.24) is 0 Å². The van der Waals surface area contributed by atoms with Crippen molar-refractivity contribution in [2.24, 2.45) is 0 Å². The van der Waals surface area contributed by atoms with Gasteiger partial charge in [-0.2, -0.15) is 0 Å². The normalized spacial score (nSPS) is 16.3. The van der Waals surface area contributed by atoms with Crippen molar-refractivity contribution in [3.63, 3.8) is 0 Å². The Hall–Kier alpha value is -1.91. The molecule has 4 heteroatoms. The molecule has 114 valence electrons. The van der Waals surface area contributed by atoms with Gasteiger partial charge in [0.05, 0.1) is 8.96 Å². The highest BCUT2D eigenvalue weighted by atomic mass is 79.9. The van der Waals surface area contributed by atoms with Crippen molar-refractivity contribution >= 4 is 43.2 Å². The molecule has 0 aromatic heterocycles. The number of halogens is 2. The van der Waals surface area contributed by atoms with Gasteiger partial charge in [0.2, 0.25) is 0 Å². The predicted octanol–water partition coefficient (Wildman–Crippen LogP) is 5.37. The molecule has 0 amide bonds. The fourth-order valence-electron chi connectivity index (χ4n) is 2.42. The van der Waals surface area contributed by atoms with Crippen LogP contribution in [0.25, 0.3) is 5.57 Å². The molecule has 2 aromatic carbocycles. The first kappa shape index (κ1) is 16.0. The van der Waals surface area contributed by atoms with Crippen LogP contribution in [0.4, 0.5) is 0 Å². The molecule has 2 aromatic rings. The minimum Gasteiger partial charge on any atom is -0.507 e. The van der Waals surface area contributed by atoms with E-state index in [0.717, 1.165) is 22.3 Å². The van der Waals surface area contributed by atoms with Crippen LogP contribution in [0, 0.1) is 0 Å². The quantitative estimate of drug-likeness (QED) is 0.693. The number of rotatable bonds is 2. The molecule has 0 spiro atoms. The van der Waals surface area contributed by atoms with Crippen molar-refractivity contribution in [3.05, 3.63) is 92.4 Å². The molecule has 0 bridgehead atoms. The number of carbonyl (C=O) groups excluding carboxylic acids is 1. The van der Waals surface area contributed by atoms with Crippen LogP contribution in [0.1, 0.15) is 11.1 Å². The van der Waals surface area contributed by atoms with Gasteiger partial charge in [-0.3, -0.25) is 4.79 Å². The van der Waals surface area contributed by atoms with Crippen LogP contribution < -0.4 is 0 Å². The number of aromatic hydroxyl groups is 1. The molecule has 3 rings (SSSR count). The molecule has 0 fully saturated rings. The number of phenols is 1. The Morgan fingerprint density at radius 1 is 0.913 bits per heavy atom. The third kappa shape index (κ3) is 3.38. The van der Waals surface area contributed by atoms with E-state index in [1.54, 1.807) is 12.1 Å². The molecule has 1 aliphatic carbocycles. The van der Waals surface area contributed by atoms with Gasteiger partial charge in [-0.1, -0.05) is 42.5 Å². The second-order valence-corrected chi connectivity index (χ2v) is 6.76. The van der Waals surface area contributed by atoms with Gasteiger partial charge in [-0.05, 0) is 78.4 Å². The first-order valence-corrected chi connectivity index (χ1v) is 8.53. The smallest absolute Gasteiger partial charge is 0.192 e. The lowest BCUT2D eigenvalue weighted by Gasteiger charge is -2.15. The highest BCUT2D eigenvalue weighted by Crippen LogP contribution is 2.34. The molecule has 1 aliphatic rings. The van der Waals surface area contributed by atoms with Gasteiger partial charge in [0.1, 0.15) is 5.75 Å². The zero-order valence-corrected chi connectivity index (χ0v) is 15.1. The summed E-state index contributed by atoms with van der Waals surface area (Å²) in [6, 6.07) is 15.3. The van der Waals surface area contributed by atoms with E-state index < -0.39 is 0 Å². The monoisotopic (exact) mass is 430 g/mol. The minimum absolute atomic E-state index is 0.0481. The van der Waals surface area contributed by atoms with E-state index >= 15 is 0 Å². The summed E-state index contributed by atoms with van der Waals surface area (Å²) in [6.45, 7) is 0. The number of carbonyl (C=O) groups is 1. The Bertz CT molecular complexity index is 862. The molecule has 23 heavy (non-hydrogen) atoms. The van der Waals surface area contributed by atoms with Crippen molar-refractivity contribution in [2.45, 2.75) is 0 Å². The Labute approximate surface area is 151 Å². The van der Waals surface area contributed by atoms with Gasteiger partial charge in [0.15, 0.2) is 5.78 Å². The molecule has 0 saturated carbocycles. The maximum atomic E-state index is 11.7. The van der Waals surface area contributed by atoms with Crippen LogP contribution in [-0.4, -0.2) is 10.9 Å². The number of hydrogen-bond donors (Lipinski definition) is 1. The SMILES string of the molecule is O=C1C=C/C(=C(/c2ccccc2)c2ccc(O)c(Br)c2)C=C1Br. The van der Waals surface area contributed by atoms with Gasteiger partial charge >= 0.3 is 0 Å². The molecule has 2 nitrogen and oxygen atoms in total. The summed E-state index contributed by atoms with van der Waals surface area (Å²) in [5.74, 6) is 0.144. The van der Waals surface area contributed by atoms with Crippen LogP contribution in [0.5, 0.6) is 5.75 Å². The van der Waals surface area contributed by atoms with Crippen LogP contribution >= 0.6 is 31.9 Å². The summed E-state index contributed by atoms with van der Waals surface area (Å²) in [7, 11) is 0. The Kier molecular flexibility index (Phi) is 4.64. The number of hydrogen-bond acceptors (Lipinski definition) is 2. The summed E-state index contributed by atoms with van der Waals surface area (Å²) in [5.41, 5.74) is 3.91. The molecule has 0 radical (unpaired) electrons. The van der Waals surface area contributed by atoms with Gasteiger partial charge in [-0.25, -0.2) is 0 Å². The highest BCUT2D eigenvalue weighted by molar-refractivity contribution is 9.12. The number of benzene rings is 2. The maximum absolute atomic E-state index is 11.7. The lowest BCUT2D eigenvalue weighted by molar-refractivity contribution is -0.110. The molecule has 0 unspecified atom stereocenters. The van der Waals surface area contributed by atoms with Crippen molar-refractivity contribution < 1.29 is 9.90 Å². The van der Waals surface area contributed by atoms with Gasteiger partial charge in [0.25, 0.3) is 0 Å². The molecular formula is C19H12Br2O2. The Morgan fingerprint density at radius 2 is 1.65 bits per heavy atom. The second-order valence-electron chi connectivity index (χ2n) is 5.05. The Balaban J connectivity index is 2.26. The predicted molar refractivity (Wildman–Crippen MR) is 99.4 cm³/mol. The first-order valence-electron chi connectivity index (χ1n) is 6.94. The maximum Gasteiger partial charge on any atom is 0.192 e. The third-order valence-corrected chi connectivity index (χ3v) is 4.77. The number of ketones is 1. The van der Waals surface area contributed by atoms with Crippen molar-refractivity contribution in [1.29, 1.82) is 0 Å². The van der Waals surface area contributed by atoms with Crippen LogP contribution in [0.15, 0.2) is 81.3 Å². The topological polar surface area (TPSA) is 37.3 Å². The van der Waals surface area contributed by atoms with Crippen molar-refractivity contribution in [3.8, 4) is 5.75 Å². The summed E-state index contributed by atoms with van der Waals surface area (Å²) in [4.78, 5) is 11.7. The largest absolute Gasteiger partial charge is 0.507 e. The molecule has 0 saturated heterocycles. The zero-order chi connectivity index (χ0) is 16.4. The van der Waals surface area contributed by atoms with Gasteiger partial charge in [0, 0.05) is 0 Å². The van der Waals surface area contributed by atoms with Crippen molar-refractivity contribution in [2.75, 3.05) is 0 Å². The molecule has 1 N–H and O–H groups in total. The zero-order valence-electron chi connectivity index (χ0n) is 12.0. The van der Waals surface area contributed by atoms with E-state index in [4.69, 9.17) is 0 Å². The van der Waals surface area contributed by atoms with Gasteiger partial charge < -0.3 is 5.11 Å². The standard InChI is InChI=1S/C19H12Br2O2/c20-15-10-13(6-8-17(15)22)19(12-4-2-1-3-5-12)14-7-9-18(23)16(21)11-14/h1-11,22H/b19-14+. The van der Waals surface area contributed by atoms with E-state index in [-0.39, 0.29) is 11.5 Å². The number of allylic oxidation sites excluding steroid dienone is 5. The Morgan fingerprint density at radius 3 is 2.30 bits per heavy atom. The second kappa shape index (κ2) is 6.69. The van der Waals surface area contributed by atoms with E-state index in [0.29, 0.717) is 8.96 Å². The average Bonchev–Trinajstić information content (AvgIpc) is 2.55. The first-order chi connectivity index (χ1) is 11.1. The fourth-order valence-corrected chi connectivity index (χ4v) is 3.18. The minimum atomic E-state index is -0.0481. The number of phenolic OH excluding ortho intramolecular Hbond substituents is 1. The third-order valence-electron chi connectivity index (χ3n) is 3.52. The summed E-state index contributed by atoms with van der Waals surface area (Å²) < 4.78 is 1.16. The lowest BCUT2D eigenvalue weighted by atomic mass is 9.91. The molecule has 0 aliphatic heterocycles. The average molecular weight is 432 g/mol. The molecular weight excluding hydrogens is 420 g/mol. The summed E-state index contributed by atoms with van der Waals surface area (Å²) in [5, 5.41) is 9.74. The molecule has 0 atom stereocenters. The fraction of sp³-hybridized carbons (Fsp3) is 0. The lowest BCUT2D eigenvalue weighted by Crippen LogP contribution is -2.00. The van der Waals surface area contributed by atoms with E-state index in [1.165, 1.54) is 0 Å². The van der Waals surface area contributed by atoms with Crippen LogP contribution in [-0.2, 0) is 4.79 Å². The van der Waals surface area contributed by atoms with E-state index in [2.05, 4.69) is 31.9 Å². The van der Waals surface area contributed by atoms with E-state index in [9.17, 15) is 9.90 Å². The van der Waals surface area contributed by atoms with Crippen LogP contribution in [0.3, 0.4) is 0 Å². The molecule has 0 heterocycles. The van der Waals surface area contributed by atoms with Gasteiger partial charge in [-0.15, -0.1) is 0 Å². The summed E-state index contributed by atoms with van der Waals surface area (Å²) >= 11 is 6.67.